The maximum absolute atomic E-state index is 5.86. The molecule has 0 saturated carbocycles. The van der Waals surface area contributed by atoms with Gasteiger partial charge in [0.1, 0.15) is 0 Å². The molecule has 5 heteroatoms. The van der Waals surface area contributed by atoms with Gasteiger partial charge in [0.05, 0.1) is 15.9 Å². The zero-order valence-corrected chi connectivity index (χ0v) is 13.4. The predicted octanol–water partition coefficient (Wildman–Crippen LogP) is 4.58. The molecule has 0 atom stereocenters. The minimum atomic E-state index is 0.786. The van der Waals surface area contributed by atoms with Gasteiger partial charge >= 0.3 is 0 Å². The number of halogens is 2. The normalized spacial score (nSPS) is 10.9. The fourth-order valence-corrected chi connectivity index (χ4v) is 3.53. The Balaban J connectivity index is 1.94. The number of aromatic nitrogens is 2. The van der Waals surface area contributed by atoms with Gasteiger partial charge in [0.15, 0.2) is 0 Å². The maximum Gasteiger partial charge on any atom is 0.0738 e. The Morgan fingerprint density at radius 2 is 1.94 bits per heavy atom. The summed E-state index contributed by atoms with van der Waals surface area (Å²) in [6.07, 6.45) is 0. The van der Waals surface area contributed by atoms with Gasteiger partial charge in [-0.25, -0.2) is 0 Å². The van der Waals surface area contributed by atoms with Crippen LogP contribution in [0.5, 0.6) is 0 Å². The Morgan fingerprint density at radius 3 is 2.50 bits per heavy atom. The summed E-state index contributed by atoms with van der Waals surface area (Å²) < 4.78 is 3.06. The SMILES string of the molecule is Cc1nn(C)c(CSCc2ccc(Cl)cc2)c1Br. The summed E-state index contributed by atoms with van der Waals surface area (Å²) in [5.74, 6) is 1.92. The van der Waals surface area contributed by atoms with Crippen molar-refractivity contribution in [3.05, 3.63) is 50.7 Å². The van der Waals surface area contributed by atoms with Crippen molar-refractivity contribution in [2.75, 3.05) is 0 Å². The number of hydrogen-bond acceptors (Lipinski definition) is 2. The van der Waals surface area contributed by atoms with Crippen LogP contribution in [-0.4, -0.2) is 9.78 Å². The van der Waals surface area contributed by atoms with E-state index in [-0.39, 0.29) is 0 Å². The second-order valence-electron chi connectivity index (χ2n) is 4.09. The van der Waals surface area contributed by atoms with E-state index in [0.717, 1.165) is 26.7 Å². The highest BCUT2D eigenvalue weighted by Gasteiger charge is 2.10. The summed E-state index contributed by atoms with van der Waals surface area (Å²) >= 11 is 11.3. The molecule has 0 aliphatic heterocycles. The highest BCUT2D eigenvalue weighted by atomic mass is 79.9. The maximum atomic E-state index is 5.86. The molecule has 1 aromatic carbocycles. The second kappa shape index (κ2) is 6.13. The molecule has 2 rings (SSSR count). The van der Waals surface area contributed by atoms with E-state index in [9.17, 15) is 0 Å². The van der Waals surface area contributed by atoms with Crippen molar-refractivity contribution < 1.29 is 0 Å². The van der Waals surface area contributed by atoms with Gasteiger partial charge in [-0.3, -0.25) is 4.68 Å². The van der Waals surface area contributed by atoms with Gasteiger partial charge in [-0.15, -0.1) is 0 Å². The third kappa shape index (κ3) is 3.31. The highest BCUT2D eigenvalue weighted by Crippen LogP contribution is 2.26. The van der Waals surface area contributed by atoms with E-state index in [1.165, 1.54) is 11.3 Å². The van der Waals surface area contributed by atoms with Gasteiger partial charge in [-0.1, -0.05) is 23.7 Å². The Kier molecular flexibility index (Phi) is 4.76. The number of benzene rings is 1. The number of nitrogens with zero attached hydrogens (tertiary/aromatic N) is 2. The van der Waals surface area contributed by atoms with Crippen molar-refractivity contribution in [3.8, 4) is 0 Å². The first kappa shape index (κ1) is 14.0. The van der Waals surface area contributed by atoms with Crippen molar-refractivity contribution in [3.63, 3.8) is 0 Å². The van der Waals surface area contributed by atoms with Crippen LogP contribution in [0.2, 0.25) is 5.02 Å². The first-order chi connectivity index (χ1) is 8.58. The average molecular weight is 346 g/mol. The molecule has 0 fully saturated rings. The fraction of sp³-hybridized carbons (Fsp3) is 0.308. The lowest BCUT2D eigenvalue weighted by Gasteiger charge is -2.04. The molecular formula is C13H14BrClN2S. The molecule has 0 radical (unpaired) electrons. The van der Waals surface area contributed by atoms with E-state index in [2.05, 4.69) is 33.2 Å². The summed E-state index contributed by atoms with van der Waals surface area (Å²) in [6.45, 7) is 2.01. The minimum Gasteiger partial charge on any atom is -0.270 e. The van der Waals surface area contributed by atoms with Gasteiger partial charge in [-0.05, 0) is 40.5 Å². The summed E-state index contributed by atoms with van der Waals surface area (Å²) in [5.41, 5.74) is 3.56. The molecule has 2 nitrogen and oxygen atoms in total. The molecule has 0 aliphatic rings. The van der Waals surface area contributed by atoms with Crippen molar-refractivity contribution >= 4 is 39.3 Å². The van der Waals surface area contributed by atoms with Crippen LogP contribution in [0.3, 0.4) is 0 Å². The molecule has 0 spiro atoms. The topological polar surface area (TPSA) is 17.8 Å². The molecule has 0 saturated heterocycles. The van der Waals surface area contributed by atoms with Gasteiger partial charge in [0.25, 0.3) is 0 Å². The Morgan fingerprint density at radius 1 is 1.28 bits per heavy atom. The third-order valence-corrected chi connectivity index (χ3v) is 4.98. The molecule has 0 amide bonds. The molecule has 0 bridgehead atoms. The molecule has 96 valence electrons. The van der Waals surface area contributed by atoms with Crippen LogP contribution in [0, 0.1) is 6.92 Å². The van der Waals surface area contributed by atoms with Gasteiger partial charge < -0.3 is 0 Å². The molecule has 1 heterocycles. The summed E-state index contributed by atoms with van der Waals surface area (Å²) in [7, 11) is 1.98. The molecule has 2 aromatic rings. The predicted molar refractivity (Wildman–Crippen MR) is 82.1 cm³/mol. The van der Waals surface area contributed by atoms with Gasteiger partial charge in [0.2, 0.25) is 0 Å². The van der Waals surface area contributed by atoms with E-state index >= 15 is 0 Å². The molecule has 1 aromatic heterocycles. The Bertz CT molecular complexity index is 537. The van der Waals surface area contributed by atoms with Gasteiger partial charge in [-0.2, -0.15) is 16.9 Å². The monoisotopic (exact) mass is 344 g/mol. The molecular weight excluding hydrogens is 332 g/mol. The van der Waals surface area contributed by atoms with Crippen LogP contribution in [0.15, 0.2) is 28.7 Å². The lowest BCUT2D eigenvalue weighted by Crippen LogP contribution is -1.97. The third-order valence-electron chi connectivity index (χ3n) is 2.68. The van der Waals surface area contributed by atoms with Crippen LogP contribution in [0.4, 0.5) is 0 Å². The van der Waals surface area contributed by atoms with E-state index in [0.29, 0.717) is 0 Å². The van der Waals surface area contributed by atoms with Gasteiger partial charge in [0, 0.05) is 23.6 Å². The van der Waals surface area contributed by atoms with E-state index in [1.54, 1.807) is 0 Å². The van der Waals surface area contributed by atoms with Crippen LogP contribution in [-0.2, 0) is 18.6 Å². The van der Waals surface area contributed by atoms with Crippen LogP contribution >= 0.6 is 39.3 Å². The zero-order chi connectivity index (χ0) is 13.1. The first-order valence-corrected chi connectivity index (χ1v) is 7.90. The number of thioether (sulfide) groups is 1. The number of aryl methyl sites for hydroxylation is 2. The largest absolute Gasteiger partial charge is 0.270 e. The standard InChI is InChI=1S/C13H14BrClN2S/c1-9-13(14)12(17(2)16-9)8-18-7-10-3-5-11(15)6-4-10/h3-6H,7-8H2,1-2H3. The lowest BCUT2D eigenvalue weighted by molar-refractivity contribution is 0.727. The van der Waals surface area contributed by atoms with Crippen LogP contribution < -0.4 is 0 Å². The fourth-order valence-electron chi connectivity index (χ4n) is 1.68. The number of rotatable bonds is 4. The summed E-state index contributed by atoms with van der Waals surface area (Å²) in [4.78, 5) is 0. The molecule has 0 aliphatic carbocycles. The highest BCUT2D eigenvalue weighted by molar-refractivity contribution is 9.10. The quantitative estimate of drug-likeness (QED) is 0.807. The van der Waals surface area contributed by atoms with Crippen molar-refractivity contribution in [2.45, 2.75) is 18.4 Å². The zero-order valence-electron chi connectivity index (χ0n) is 10.3. The molecule has 0 unspecified atom stereocenters. The van der Waals surface area contributed by atoms with Crippen molar-refractivity contribution in [1.82, 2.24) is 9.78 Å². The number of hydrogen-bond donors (Lipinski definition) is 0. The summed E-state index contributed by atoms with van der Waals surface area (Å²) in [6, 6.07) is 8.00. The Hall–Kier alpha value is -0.450. The van der Waals surface area contributed by atoms with E-state index < -0.39 is 0 Å². The second-order valence-corrected chi connectivity index (χ2v) is 6.30. The lowest BCUT2D eigenvalue weighted by atomic mass is 10.2. The Labute approximate surface area is 125 Å². The smallest absolute Gasteiger partial charge is 0.0738 e. The van der Waals surface area contributed by atoms with Crippen molar-refractivity contribution in [2.24, 2.45) is 7.05 Å². The van der Waals surface area contributed by atoms with E-state index in [1.807, 2.05) is 42.5 Å². The molecule has 0 N–H and O–H groups in total. The minimum absolute atomic E-state index is 0.786. The van der Waals surface area contributed by atoms with Crippen molar-refractivity contribution in [1.29, 1.82) is 0 Å². The average Bonchev–Trinajstić information content (AvgIpc) is 2.58. The first-order valence-electron chi connectivity index (χ1n) is 5.58. The van der Waals surface area contributed by atoms with Crippen LogP contribution in [0.25, 0.3) is 0 Å². The van der Waals surface area contributed by atoms with Crippen LogP contribution in [0.1, 0.15) is 17.0 Å². The molecule has 18 heavy (non-hydrogen) atoms. The summed E-state index contributed by atoms with van der Waals surface area (Å²) in [5, 5.41) is 5.17. The van der Waals surface area contributed by atoms with E-state index in [4.69, 9.17) is 11.6 Å².